The summed E-state index contributed by atoms with van der Waals surface area (Å²) < 4.78 is 9.11. The number of hydrogen-bond donors (Lipinski definition) is 0. The van der Waals surface area contributed by atoms with Gasteiger partial charge in [0.1, 0.15) is 0 Å². The fourth-order valence-electron chi connectivity index (χ4n) is 8.69. The van der Waals surface area contributed by atoms with Crippen LogP contribution in [0.4, 0.5) is 17.1 Å². The summed E-state index contributed by atoms with van der Waals surface area (Å²) in [5.41, 5.74) is 15.9. The highest BCUT2D eigenvalue weighted by molar-refractivity contribution is 5.97. The molecule has 0 radical (unpaired) electrons. The molecule has 0 saturated heterocycles. The fourth-order valence-corrected chi connectivity index (χ4v) is 8.69. The standard InChI is InChI=1S/C50H33N7/c1-3-16-34(17-4-1)39-22-7-10-25-42(39)53(36-20-15-21-37(32-36)55-45-28-13-14-29-46(45)56-43-26-11-8-23-40(43)52-50(55)56)38-30-31-47-48(33-38)57-44-27-12-9-24-41(44)51-49(57)54(47)35-18-5-2-6-19-35/h1-33H. The Hall–Kier alpha value is -7.90. The maximum absolute atomic E-state index is 5.18. The molecular weight excluding hydrogens is 699 g/mol. The zero-order chi connectivity index (χ0) is 37.5. The first kappa shape index (κ1) is 31.5. The number of hydrogen-bond acceptors (Lipinski definition) is 3. The molecule has 0 unspecified atom stereocenters. The van der Waals surface area contributed by atoms with E-state index in [1.807, 2.05) is 0 Å². The zero-order valence-electron chi connectivity index (χ0n) is 30.7. The highest BCUT2D eigenvalue weighted by Crippen LogP contribution is 2.43. The van der Waals surface area contributed by atoms with Crippen LogP contribution in [0.3, 0.4) is 0 Å². The van der Waals surface area contributed by atoms with Gasteiger partial charge in [-0.05, 0) is 96.6 Å². The maximum Gasteiger partial charge on any atom is 0.220 e. The first-order valence-electron chi connectivity index (χ1n) is 19.2. The second-order valence-electron chi connectivity index (χ2n) is 14.4. The van der Waals surface area contributed by atoms with E-state index in [4.69, 9.17) is 9.97 Å². The minimum Gasteiger partial charge on any atom is -0.310 e. The third-order valence-electron chi connectivity index (χ3n) is 11.1. The molecule has 7 nitrogen and oxygen atoms in total. The lowest BCUT2D eigenvalue weighted by Gasteiger charge is -2.28. The number of rotatable bonds is 6. The van der Waals surface area contributed by atoms with Crippen molar-refractivity contribution in [3.8, 4) is 22.5 Å². The third-order valence-corrected chi connectivity index (χ3v) is 11.1. The van der Waals surface area contributed by atoms with Crippen molar-refractivity contribution in [2.24, 2.45) is 0 Å². The van der Waals surface area contributed by atoms with Gasteiger partial charge in [-0.25, -0.2) is 9.97 Å². The summed E-state index contributed by atoms with van der Waals surface area (Å²) in [7, 11) is 0. The first-order valence-corrected chi connectivity index (χ1v) is 19.2. The molecule has 12 aromatic rings. The normalized spacial score (nSPS) is 11.9. The quantitative estimate of drug-likeness (QED) is 0.171. The van der Waals surface area contributed by atoms with Crippen LogP contribution >= 0.6 is 0 Å². The molecule has 4 heterocycles. The van der Waals surface area contributed by atoms with Crippen molar-refractivity contribution in [3.63, 3.8) is 0 Å². The predicted molar refractivity (Wildman–Crippen MR) is 233 cm³/mol. The lowest BCUT2D eigenvalue weighted by molar-refractivity contribution is 1.11. The number of anilines is 3. The van der Waals surface area contributed by atoms with Gasteiger partial charge in [0.2, 0.25) is 11.6 Å². The predicted octanol–water partition coefficient (Wildman–Crippen LogP) is 12.3. The van der Waals surface area contributed by atoms with Crippen LogP contribution in [-0.4, -0.2) is 27.9 Å². The van der Waals surface area contributed by atoms with Crippen molar-refractivity contribution < 1.29 is 0 Å². The summed E-state index contributed by atoms with van der Waals surface area (Å²) in [5, 5.41) is 0. The van der Waals surface area contributed by atoms with Gasteiger partial charge in [0.25, 0.3) is 0 Å². The van der Waals surface area contributed by atoms with Crippen molar-refractivity contribution in [3.05, 3.63) is 200 Å². The second kappa shape index (κ2) is 12.3. The molecule has 0 aliphatic rings. The molecule has 0 bridgehead atoms. The van der Waals surface area contributed by atoms with Gasteiger partial charge in [0.05, 0.1) is 55.5 Å². The molecule has 0 amide bonds. The second-order valence-corrected chi connectivity index (χ2v) is 14.4. The van der Waals surface area contributed by atoms with Crippen LogP contribution in [0, 0.1) is 0 Å². The molecule has 0 spiro atoms. The number of fused-ring (bicyclic) bond motifs is 10. The Morgan fingerprint density at radius 1 is 0.351 bits per heavy atom. The Kier molecular flexibility index (Phi) is 6.79. The summed E-state index contributed by atoms with van der Waals surface area (Å²) in [5.74, 6) is 1.76. The van der Waals surface area contributed by atoms with Gasteiger partial charge in [-0.2, -0.15) is 0 Å². The zero-order valence-corrected chi connectivity index (χ0v) is 30.7. The number of aromatic nitrogens is 6. The van der Waals surface area contributed by atoms with Crippen LogP contribution in [-0.2, 0) is 0 Å². The molecule has 7 heteroatoms. The average molecular weight is 732 g/mol. The van der Waals surface area contributed by atoms with Crippen molar-refractivity contribution in [2.45, 2.75) is 0 Å². The first-order chi connectivity index (χ1) is 28.3. The van der Waals surface area contributed by atoms with E-state index in [-0.39, 0.29) is 0 Å². The fraction of sp³-hybridized carbons (Fsp3) is 0. The highest BCUT2D eigenvalue weighted by atomic mass is 15.2. The van der Waals surface area contributed by atoms with Gasteiger partial charge in [-0.1, -0.05) is 109 Å². The van der Waals surface area contributed by atoms with Crippen molar-refractivity contribution in [2.75, 3.05) is 4.90 Å². The van der Waals surface area contributed by atoms with Gasteiger partial charge < -0.3 is 4.90 Å². The third kappa shape index (κ3) is 4.72. The Bertz CT molecular complexity index is 3480. The van der Waals surface area contributed by atoms with E-state index in [0.29, 0.717) is 0 Å². The van der Waals surface area contributed by atoms with Crippen LogP contribution in [0.15, 0.2) is 200 Å². The Morgan fingerprint density at radius 3 is 1.61 bits per heavy atom. The van der Waals surface area contributed by atoms with Gasteiger partial charge in [-0.3, -0.25) is 17.9 Å². The van der Waals surface area contributed by atoms with E-state index in [1.54, 1.807) is 0 Å². The van der Waals surface area contributed by atoms with Crippen LogP contribution in [0.2, 0.25) is 0 Å². The van der Waals surface area contributed by atoms with E-state index >= 15 is 0 Å². The van der Waals surface area contributed by atoms with Crippen LogP contribution in [0.5, 0.6) is 0 Å². The lowest BCUT2D eigenvalue weighted by atomic mass is 10.0. The van der Waals surface area contributed by atoms with E-state index in [0.717, 1.165) is 95.3 Å². The molecule has 12 rings (SSSR count). The molecule has 0 aliphatic heterocycles. The van der Waals surface area contributed by atoms with Gasteiger partial charge in [-0.15, -0.1) is 0 Å². The molecule has 0 aliphatic carbocycles. The smallest absolute Gasteiger partial charge is 0.220 e. The average Bonchev–Trinajstić information content (AvgIpc) is 4.01. The minimum atomic E-state index is 0.878. The number of nitrogens with zero attached hydrogens (tertiary/aromatic N) is 7. The molecule has 4 aromatic heterocycles. The van der Waals surface area contributed by atoms with Crippen LogP contribution < -0.4 is 4.90 Å². The maximum atomic E-state index is 5.18. The minimum absolute atomic E-state index is 0.878. The van der Waals surface area contributed by atoms with E-state index < -0.39 is 0 Å². The Labute approximate surface area is 327 Å². The lowest BCUT2D eigenvalue weighted by Crippen LogP contribution is -2.12. The molecule has 0 N–H and O–H groups in total. The largest absolute Gasteiger partial charge is 0.310 e. The topological polar surface area (TPSA) is 47.7 Å². The monoisotopic (exact) mass is 731 g/mol. The molecular formula is C50H33N7. The summed E-state index contributed by atoms with van der Waals surface area (Å²) in [6.45, 7) is 0. The SMILES string of the molecule is c1ccc(-c2ccccc2N(c2cccc(-n3c4ccccc4n4c5ccccc5nc34)c2)c2ccc3c(c2)n2c4ccccc4nc2n3-c2ccccc2)cc1. The number of para-hydroxylation sites is 8. The molecule has 0 atom stereocenters. The van der Waals surface area contributed by atoms with E-state index in [1.165, 1.54) is 0 Å². The summed E-state index contributed by atoms with van der Waals surface area (Å²) in [4.78, 5) is 12.8. The highest BCUT2D eigenvalue weighted by Gasteiger charge is 2.23. The molecule has 57 heavy (non-hydrogen) atoms. The number of benzene rings is 8. The summed E-state index contributed by atoms with van der Waals surface area (Å²) >= 11 is 0. The summed E-state index contributed by atoms with van der Waals surface area (Å²) in [6, 6.07) is 70.8. The number of imidazole rings is 4. The molecule has 0 fully saturated rings. The van der Waals surface area contributed by atoms with Gasteiger partial charge in [0, 0.05) is 22.6 Å². The van der Waals surface area contributed by atoms with Gasteiger partial charge in [0.15, 0.2) is 0 Å². The molecule has 0 saturated carbocycles. The molecule has 8 aromatic carbocycles. The van der Waals surface area contributed by atoms with E-state index in [9.17, 15) is 0 Å². The Morgan fingerprint density at radius 2 is 0.877 bits per heavy atom. The molecule has 268 valence electrons. The van der Waals surface area contributed by atoms with Gasteiger partial charge >= 0.3 is 0 Å². The van der Waals surface area contributed by atoms with Crippen molar-refractivity contribution >= 4 is 72.8 Å². The van der Waals surface area contributed by atoms with Crippen molar-refractivity contribution in [1.82, 2.24) is 27.9 Å². The Balaban J connectivity index is 1.14. The summed E-state index contributed by atoms with van der Waals surface area (Å²) in [6.07, 6.45) is 0. The van der Waals surface area contributed by atoms with Crippen molar-refractivity contribution in [1.29, 1.82) is 0 Å². The van der Waals surface area contributed by atoms with Crippen LogP contribution in [0.25, 0.3) is 78.2 Å². The van der Waals surface area contributed by atoms with Crippen LogP contribution in [0.1, 0.15) is 0 Å². The van der Waals surface area contributed by atoms with E-state index in [2.05, 4.69) is 223 Å².